The van der Waals surface area contributed by atoms with Crippen LogP contribution in [0.5, 0.6) is 5.75 Å². The maximum Gasteiger partial charge on any atom is 0.333 e. The molecule has 0 radical (unpaired) electrons. The van der Waals surface area contributed by atoms with Crippen molar-refractivity contribution in [3.8, 4) is 17.0 Å². The van der Waals surface area contributed by atoms with Crippen molar-refractivity contribution in [3.05, 3.63) is 60.2 Å². The molecular weight excluding hydrogens is 520 g/mol. The van der Waals surface area contributed by atoms with E-state index in [1.807, 2.05) is 4.90 Å². The van der Waals surface area contributed by atoms with E-state index in [0.717, 1.165) is 18.3 Å². The molecular formula is C26H24F4N6O3. The Morgan fingerprint density at radius 2 is 1.85 bits per heavy atom. The van der Waals surface area contributed by atoms with E-state index in [-0.39, 0.29) is 17.5 Å². The van der Waals surface area contributed by atoms with Crippen LogP contribution in [-0.2, 0) is 0 Å². The first-order valence-corrected chi connectivity index (χ1v) is 12.1. The summed E-state index contributed by atoms with van der Waals surface area (Å²) in [6, 6.07) is 4.54. The van der Waals surface area contributed by atoms with E-state index in [1.54, 1.807) is 0 Å². The smallest absolute Gasteiger partial charge is 0.333 e. The minimum Gasteiger partial charge on any atom is -0.487 e. The quantitative estimate of drug-likeness (QED) is 0.267. The molecule has 1 saturated heterocycles. The van der Waals surface area contributed by atoms with Crippen LogP contribution in [0.2, 0.25) is 0 Å². The molecule has 1 aromatic carbocycles. The van der Waals surface area contributed by atoms with Gasteiger partial charge in [0.2, 0.25) is 5.78 Å². The van der Waals surface area contributed by atoms with E-state index in [4.69, 9.17) is 9.72 Å². The third kappa shape index (κ3) is 5.53. The average Bonchev–Trinajstić information content (AvgIpc) is 3.39. The van der Waals surface area contributed by atoms with Gasteiger partial charge in [-0.1, -0.05) is 0 Å². The molecule has 1 aliphatic heterocycles. The number of Topliss-reactive ketones (excluding diaryl/α,β-unsaturated/α-hetero) is 1. The minimum atomic E-state index is -2.84. The largest absolute Gasteiger partial charge is 0.487 e. The van der Waals surface area contributed by atoms with E-state index in [0.29, 0.717) is 58.7 Å². The van der Waals surface area contributed by atoms with E-state index < -0.39 is 29.6 Å². The second-order valence-electron chi connectivity index (χ2n) is 9.71. The Morgan fingerprint density at radius 3 is 2.49 bits per heavy atom. The van der Waals surface area contributed by atoms with Crippen LogP contribution in [0.1, 0.15) is 43.7 Å². The molecule has 4 heterocycles. The number of benzene rings is 1. The summed E-state index contributed by atoms with van der Waals surface area (Å²) in [5, 5.41) is 13.8. The molecule has 3 aromatic heterocycles. The number of anilines is 1. The van der Waals surface area contributed by atoms with Crippen LogP contribution in [-0.4, -0.2) is 60.4 Å². The van der Waals surface area contributed by atoms with Gasteiger partial charge in [0.15, 0.2) is 17.4 Å². The summed E-state index contributed by atoms with van der Waals surface area (Å²) < 4.78 is 60.0. The number of fused-ring (bicyclic) bond motifs is 1. The first kappa shape index (κ1) is 26.5. The number of aliphatic hydroxyl groups is 1. The number of hydrogen-bond acceptors (Lipinski definition) is 8. The van der Waals surface area contributed by atoms with Crippen LogP contribution in [0.25, 0.3) is 22.3 Å². The van der Waals surface area contributed by atoms with Crippen LogP contribution in [0.4, 0.5) is 23.4 Å². The Labute approximate surface area is 220 Å². The molecule has 0 atom stereocenters. The third-order valence-corrected chi connectivity index (χ3v) is 6.32. The van der Waals surface area contributed by atoms with E-state index in [9.17, 15) is 27.5 Å². The Balaban J connectivity index is 1.47. The number of aromatic nitrogens is 5. The number of ketones is 1. The lowest BCUT2D eigenvalue weighted by Crippen LogP contribution is -2.39. The molecule has 39 heavy (non-hydrogen) atoms. The highest BCUT2D eigenvalue weighted by Crippen LogP contribution is 2.33. The fraction of sp³-hybridized carbons (Fsp3) is 0.346. The van der Waals surface area contributed by atoms with Gasteiger partial charge < -0.3 is 14.7 Å². The molecule has 5 rings (SSSR count). The van der Waals surface area contributed by atoms with Crippen molar-refractivity contribution in [2.75, 3.05) is 18.0 Å². The third-order valence-electron chi connectivity index (χ3n) is 6.32. The number of ether oxygens (including phenoxy) is 1. The van der Waals surface area contributed by atoms with Crippen LogP contribution in [0.3, 0.4) is 0 Å². The SMILES string of the molecule is CC(C)(O)C(=O)c1cc2nc(N3CCC(Oc4ccc(F)cc4F)CC3)c(-c3cnn(C(F)F)c3)nc2cn1. The van der Waals surface area contributed by atoms with Crippen LogP contribution >= 0.6 is 0 Å². The van der Waals surface area contributed by atoms with Crippen molar-refractivity contribution in [2.45, 2.75) is 44.9 Å². The van der Waals surface area contributed by atoms with E-state index in [2.05, 4.69) is 15.1 Å². The standard InChI is InChI=1S/C26H24F4N6O3/c1-26(2,38)23(37)19-10-18-20(12-31-19)33-22(14-11-32-36(13-14)25(29)30)24(34-18)35-7-5-16(6-8-35)39-21-4-3-15(27)9-17(21)28/h3-4,9-13,16,25,38H,5-8H2,1-2H3. The summed E-state index contributed by atoms with van der Waals surface area (Å²) in [5.74, 6) is -1.76. The van der Waals surface area contributed by atoms with Gasteiger partial charge in [0.1, 0.15) is 34.4 Å². The predicted molar refractivity (Wildman–Crippen MR) is 133 cm³/mol. The van der Waals surface area contributed by atoms with E-state index in [1.165, 1.54) is 38.4 Å². The second kappa shape index (κ2) is 10.2. The zero-order chi connectivity index (χ0) is 27.9. The van der Waals surface area contributed by atoms with Gasteiger partial charge in [-0.2, -0.15) is 13.9 Å². The molecule has 0 saturated carbocycles. The van der Waals surface area contributed by atoms with Crippen molar-refractivity contribution in [1.82, 2.24) is 24.7 Å². The van der Waals surface area contributed by atoms with Gasteiger partial charge in [0, 0.05) is 43.8 Å². The summed E-state index contributed by atoms with van der Waals surface area (Å²) in [5.41, 5.74) is -0.404. The number of alkyl halides is 2. The Kier molecular flexibility index (Phi) is 6.93. The molecule has 0 aliphatic carbocycles. The molecule has 13 heteroatoms. The van der Waals surface area contributed by atoms with Gasteiger partial charge in [0.05, 0.1) is 17.9 Å². The highest BCUT2D eigenvalue weighted by molar-refractivity contribution is 6.02. The Hall–Kier alpha value is -4.13. The number of carbonyl (C=O) groups excluding carboxylic acids is 1. The highest BCUT2D eigenvalue weighted by Gasteiger charge is 2.29. The summed E-state index contributed by atoms with van der Waals surface area (Å²) in [4.78, 5) is 27.9. The van der Waals surface area contributed by atoms with Gasteiger partial charge >= 0.3 is 6.55 Å². The van der Waals surface area contributed by atoms with Crippen LogP contribution < -0.4 is 9.64 Å². The van der Waals surface area contributed by atoms with Crippen molar-refractivity contribution >= 4 is 22.6 Å². The van der Waals surface area contributed by atoms with Gasteiger partial charge in [-0.15, -0.1) is 0 Å². The summed E-state index contributed by atoms with van der Waals surface area (Å²) in [6.07, 6.45) is 4.34. The van der Waals surface area contributed by atoms with E-state index >= 15 is 0 Å². The highest BCUT2D eigenvalue weighted by atomic mass is 19.3. The number of halogens is 4. The first-order valence-electron chi connectivity index (χ1n) is 12.1. The molecule has 204 valence electrons. The zero-order valence-corrected chi connectivity index (χ0v) is 21.0. The van der Waals surface area contributed by atoms with Gasteiger partial charge in [-0.05, 0) is 32.0 Å². The molecule has 0 bridgehead atoms. The second-order valence-corrected chi connectivity index (χ2v) is 9.71. The maximum absolute atomic E-state index is 14.1. The lowest BCUT2D eigenvalue weighted by molar-refractivity contribution is 0.0482. The summed E-state index contributed by atoms with van der Waals surface area (Å²) in [6.45, 7) is 0.680. The average molecular weight is 545 g/mol. The van der Waals surface area contributed by atoms with Crippen molar-refractivity contribution in [1.29, 1.82) is 0 Å². The molecule has 4 aromatic rings. The molecule has 9 nitrogen and oxygen atoms in total. The van der Waals surface area contributed by atoms with Crippen molar-refractivity contribution in [3.63, 3.8) is 0 Å². The van der Waals surface area contributed by atoms with Crippen LogP contribution in [0.15, 0.2) is 42.9 Å². The van der Waals surface area contributed by atoms with Gasteiger partial charge in [0.25, 0.3) is 0 Å². The number of piperidine rings is 1. The minimum absolute atomic E-state index is 0.00181. The number of carbonyl (C=O) groups is 1. The monoisotopic (exact) mass is 544 g/mol. The lowest BCUT2D eigenvalue weighted by atomic mass is 10.0. The molecule has 1 fully saturated rings. The summed E-state index contributed by atoms with van der Waals surface area (Å²) in [7, 11) is 0. The van der Waals surface area contributed by atoms with Gasteiger partial charge in [-0.25, -0.2) is 23.4 Å². The number of hydrogen-bond donors (Lipinski definition) is 1. The number of nitrogens with zero attached hydrogens (tertiary/aromatic N) is 6. The molecule has 1 aliphatic rings. The molecule has 0 spiro atoms. The summed E-state index contributed by atoms with van der Waals surface area (Å²) >= 11 is 0. The first-order chi connectivity index (χ1) is 18.5. The molecule has 0 unspecified atom stereocenters. The van der Waals surface area contributed by atoms with Crippen molar-refractivity contribution < 1.29 is 32.2 Å². The van der Waals surface area contributed by atoms with Crippen molar-refractivity contribution in [2.24, 2.45) is 0 Å². The number of pyridine rings is 1. The molecule has 1 N–H and O–H groups in total. The maximum atomic E-state index is 14.1. The predicted octanol–water partition coefficient (Wildman–Crippen LogP) is 4.56. The normalized spacial score (nSPS) is 14.8. The number of rotatable bonds is 7. The van der Waals surface area contributed by atoms with Crippen LogP contribution in [0, 0.1) is 11.6 Å². The fourth-order valence-electron chi connectivity index (χ4n) is 4.31. The Morgan fingerprint density at radius 1 is 1.10 bits per heavy atom. The van der Waals surface area contributed by atoms with Gasteiger partial charge in [-0.3, -0.25) is 9.78 Å². The topological polar surface area (TPSA) is 106 Å². The fourth-order valence-corrected chi connectivity index (χ4v) is 4.31. The molecule has 0 amide bonds. The Bertz CT molecular complexity index is 1530. The zero-order valence-electron chi connectivity index (χ0n) is 21.0. The lowest BCUT2D eigenvalue weighted by Gasteiger charge is -2.33.